The number of fused-ring (bicyclic) bond motifs is 2. The number of anilines is 1. The molecule has 0 amide bonds. The number of ether oxygens (including phenoxy) is 1. The highest BCUT2D eigenvalue weighted by molar-refractivity contribution is 5.70. The smallest absolute Gasteiger partial charge is 0.135 e. The molecule has 4 nitrogen and oxygen atoms in total. The summed E-state index contributed by atoms with van der Waals surface area (Å²) in [6.07, 6.45) is 15.0. The Morgan fingerprint density at radius 2 is 1.60 bits per heavy atom. The van der Waals surface area contributed by atoms with Crippen molar-refractivity contribution in [2.75, 3.05) is 18.0 Å². The van der Waals surface area contributed by atoms with Gasteiger partial charge in [-0.2, -0.15) is 0 Å². The van der Waals surface area contributed by atoms with Crippen LogP contribution in [0.3, 0.4) is 0 Å². The minimum Gasteiger partial charge on any atom is -0.457 e. The summed E-state index contributed by atoms with van der Waals surface area (Å²) in [6, 6.07) is 26.6. The van der Waals surface area contributed by atoms with Gasteiger partial charge in [-0.25, -0.2) is 0 Å². The molecule has 2 heterocycles. The van der Waals surface area contributed by atoms with E-state index < -0.39 is 0 Å². The summed E-state index contributed by atoms with van der Waals surface area (Å²) in [5.41, 5.74) is 16.6. The first-order chi connectivity index (χ1) is 22.7. The minimum atomic E-state index is -0.0718. The van der Waals surface area contributed by atoms with Crippen molar-refractivity contribution in [2.24, 2.45) is 5.73 Å². The van der Waals surface area contributed by atoms with Crippen LogP contribution in [0.5, 0.6) is 5.75 Å². The Hall–Kier alpha value is -3.86. The number of quaternary nitrogens is 1. The average molecular weight is 629 g/mol. The van der Waals surface area contributed by atoms with Crippen LogP contribution in [-0.2, 0) is 17.4 Å². The second kappa shape index (κ2) is 13.7. The van der Waals surface area contributed by atoms with Crippen LogP contribution >= 0.6 is 0 Å². The van der Waals surface area contributed by atoms with Gasteiger partial charge in [-0.1, -0.05) is 88.4 Å². The molecule has 0 bridgehead atoms. The molecule has 2 unspecified atom stereocenters. The minimum absolute atomic E-state index is 0.0424. The molecule has 3 aromatic rings. The van der Waals surface area contributed by atoms with Gasteiger partial charge in [0.05, 0.1) is 12.0 Å². The number of nitrogens with zero attached hydrogens (tertiary/aromatic N) is 1. The third-order valence-electron chi connectivity index (χ3n) is 10.7. The molecular weight excluding hydrogens is 574 g/mol. The van der Waals surface area contributed by atoms with Gasteiger partial charge in [0.1, 0.15) is 23.2 Å². The summed E-state index contributed by atoms with van der Waals surface area (Å²) >= 11 is 0. The predicted octanol–water partition coefficient (Wildman–Crippen LogP) is 8.82. The van der Waals surface area contributed by atoms with E-state index in [1.165, 1.54) is 39.3 Å². The first-order valence-corrected chi connectivity index (χ1v) is 17.8. The standard InChI is InChI=1S/C43H53N3O/c1-7-28-45-37-18-11-9-16-35(37)42(3,4)39(45)26-22-32-14-13-15-33(41(32)47-34-24-20-31(30-44)21-25-34)23-27-40-43(5,6)36-17-10-12-19-38(36)46(40)29-8-2/h9-12,16-27,39H,7-8,13-15,28-30,44H2,1-6H3/p+1/b26-22+,33-23+,40-27+. The second-order valence-corrected chi connectivity index (χ2v) is 14.6. The van der Waals surface area contributed by atoms with Gasteiger partial charge in [-0.15, -0.1) is 0 Å². The number of para-hydroxylation sites is 2. The van der Waals surface area contributed by atoms with Crippen molar-refractivity contribution in [2.45, 2.75) is 97.1 Å². The molecular formula is C43H54N3O+. The summed E-state index contributed by atoms with van der Waals surface area (Å²) < 4.78 is 6.86. The third-order valence-corrected chi connectivity index (χ3v) is 10.7. The molecule has 0 saturated carbocycles. The van der Waals surface area contributed by atoms with Gasteiger partial charge in [0.15, 0.2) is 0 Å². The molecule has 3 aromatic carbocycles. The lowest BCUT2D eigenvalue weighted by molar-refractivity contribution is -0.850. The molecule has 0 spiro atoms. The SMILES string of the molecule is CCCN1/C(=C/C=C2\CCCC(/C=C/C3[NH+](CCC)c4ccccc4C3(C)C)=C2Oc2ccc(CN)cc2)C(C)(C)c2ccccc21. The van der Waals surface area contributed by atoms with E-state index in [0.717, 1.165) is 62.3 Å². The van der Waals surface area contributed by atoms with Gasteiger partial charge >= 0.3 is 0 Å². The lowest BCUT2D eigenvalue weighted by atomic mass is 9.80. The molecule has 4 heteroatoms. The normalized spacial score (nSPS) is 23.2. The highest BCUT2D eigenvalue weighted by Gasteiger charge is 2.47. The Morgan fingerprint density at radius 1 is 0.872 bits per heavy atom. The first-order valence-electron chi connectivity index (χ1n) is 17.8. The number of rotatable bonds is 10. The zero-order valence-corrected chi connectivity index (χ0v) is 29.4. The van der Waals surface area contributed by atoms with Crippen LogP contribution in [0.1, 0.15) is 90.3 Å². The van der Waals surface area contributed by atoms with E-state index in [9.17, 15) is 0 Å². The van der Waals surface area contributed by atoms with E-state index in [4.69, 9.17) is 10.5 Å². The number of hydrogen-bond donors (Lipinski definition) is 2. The van der Waals surface area contributed by atoms with Crippen LogP contribution in [0, 0.1) is 0 Å². The molecule has 246 valence electrons. The van der Waals surface area contributed by atoms with Crippen molar-refractivity contribution in [1.29, 1.82) is 0 Å². The summed E-state index contributed by atoms with van der Waals surface area (Å²) in [4.78, 5) is 4.09. The van der Waals surface area contributed by atoms with Gasteiger partial charge in [-0.3, -0.25) is 4.90 Å². The van der Waals surface area contributed by atoms with E-state index in [0.29, 0.717) is 12.6 Å². The molecule has 2 atom stereocenters. The lowest BCUT2D eigenvalue weighted by Crippen LogP contribution is -3.10. The quantitative estimate of drug-likeness (QED) is 0.236. The fraction of sp³-hybridized carbons (Fsp3) is 0.395. The molecule has 0 radical (unpaired) electrons. The van der Waals surface area contributed by atoms with Gasteiger partial charge < -0.3 is 15.4 Å². The molecule has 3 N–H and O–H groups in total. The lowest BCUT2D eigenvalue weighted by Gasteiger charge is -2.28. The molecule has 2 aliphatic heterocycles. The Balaban J connectivity index is 1.42. The van der Waals surface area contributed by atoms with E-state index in [-0.39, 0.29) is 10.8 Å². The van der Waals surface area contributed by atoms with Crippen molar-refractivity contribution >= 4 is 11.4 Å². The zero-order valence-electron chi connectivity index (χ0n) is 29.4. The van der Waals surface area contributed by atoms with Crippen molar-refractivity contribution in [3.05, 3.63) is 136 Å². The molecule has 47 heavy (non-hydrogen) atoms. The summed E-state index contributed by atoms with van der Waals surface area (Å²) in [5, 5.41) is 0. The molecule has 0 aromatic heterocycles. The van der Waals surface area contributed by atoms with Crippen molar-refractivity contribution in [1.82, 2.24) is 0 Å². The van der Waals surface area contributed by atoms with E-state index in [1.807, 2.05) is 0 Å². The number of nitrogens with two attached hydrogens (primary N) is 1. The summed E-state index contributed by atoms with van der Waals surface area (Å²) in [6.45, 7) is 16.8. The van der Waals surface area contributed by atoms with Gasteiger partial charge in [-0.05, 0) is 105 Å². The Bertz CT molecular complexity index is 1700. The second-order valence-electron chi connectivity index (χ2n) is 14.6. The Labute approximate surface area is 283 Å². The maximum absolute atomic E-state index is 6.86. The largest absolute Gasteiger partial charge is 0.457 e. The highest BCUT2D eigenvalue weighted by Crippen LogP contribution is 2.48. The van der Waals surface area contributed by atoms with Gasteiger partial charge in [0.2, 0.25) is 0 Å². The van der Waals surface area contributed by atoms with Crippen LogP contribution < -0.4 is 20.3 Å². The van der Waals surface area contributed by atoms with Crippen LogP contribution in [0.25, 0.3) is 0 Å². The number of nitrogens with one attached hydrogen (secondary N) is 1. The van der Waals surface area contributed by atoms with Crippen molar-refractivity contribution < 1.29 is 9.64 Å². The maximum atomic E-state index is 6.86. The van der Waals surface area contributed by atoms with E-state index >= 15 is 0 Å². The molecule has 3 aliphatic rings. The van der Waals surface area contributed by atoms with Gasteiger partial charge in [0.25, 0.3) is 0 Å². The number of allylic oxidation sites excluding steroid dienone is 6. The zero-order chi connectivity index (χ0) is 33.2. The molecule has 0 saturated heterocycles. The molecule has 0 fully saturated rings. The van der Waals surface area contributed by atoms with Crippen LogP contribution in [0.4, 0.5) is 11.4 Å². The maximum Gasteiger partial charge on any atom is 0.135 e. The Morgan fingerprint density at radius 3 is 2.32 bits per heavy atom. The number of benzene rings is 3. The highest BCUT2D eigenvalue weighted by atomic mass is 16.5. The molecule has 6 rings (SSSR count). The summed E-state index contributed by atoms with van der Waals surface area (Å²) in [5.74, 6) is 1.86. The van der Waals surface area contributed by atoms with Crippen molar-refractivity contribution in [3.63, 3.8) is 0 Å². The Kier molecular flexibility index (Phi) is 9.64. The molecule has 1 aliphatic carbocycles. The summed E-state index contributed by atoms with van der Waals surface area (Å²) in [7, 11) is 0. The van der Waals surface area contributed by atoms with E-state index in [1.54, 1.807) is 4.90 Å². The fourth-order valence-corrected chi connectivity index (χ4v) is 8.17. The fourth-order valence-electron chi connectivity index (χ4n) is 8.17. The van der Waals surface area contributed by atoms with Crippen molar-refractivity contribution in [3.8, 4) is 5.75 Å². The topological polar surface area (TPSA) is 42.9 Å². The van der Waals surface area contributed by atoms with Crippen LogP contribution in [0.2, 0.25) is 0 Å². The van der Waals surface area contributed by atoms with Crippen LogP contribution in [0.15, 0.2) is 120 Å². The monoisotopic (exact) mass is 628 g/mol. The predicted molar refractivity (Wildman–Crippen MR) is 197 cm³/mol. The first kappa shape index (κ1) is 33.1. The van der Waals surface area contributed by atoms with E-state index in [2.05, 4.69) is 144 Å². The number of hydrogen-bond acceptors (Lipinski definition) is 3. The average Bonchev–Trinajstić information content (AvgIpc) is 3.42. The van der Waals surface area contributed by atoms with Gasteiger partial charge in [0, 0.05) is 35.5 Å². The van der Waals surface area contributed by atoms with Crippen LogP contribution in [-0.4, -0.2) is 19.1 Å². The third kappa shape index (κ3) is 6.26.